The van der Waals surface area contributed by atoms with Crippen LogP contribution in [0.25, 0.3) is 0 Å². The molecular formula is C14H16ClNO4. The Hall–Kier alpha value is -1.59. The Morgan fingerprint density at radius 1 is 1.15 bits per heavy atom. The maximum Gasteiger partial charge on any atom is 0.322 e. The lowest BCUT2D eigenvalue weighted by atomic mass is 9.93. The fourth-order valence-electron chi connectivity index (χ4n) is 2.48. The Labute approximate surface area is 122 Å². The summed E-state index contributed by atoms with van der Waals surface area (Å²) < 4.78 is 9.54. The molecule has 1 N–H and O–H groups in total. The summed E-state index contributed by atoms with van der Waals surface area (Å²) in [6.45, 7) is 0. The Balaban J connectivity index is 2.25. The molecule has 0 aromatic heterocycles. The molecule has 1 aliphatic rings. The molecule has 1 fully saturated rings. The number of methoxy groups -OCH3 is 2. The van der Waals surface area contributed by atoms with Crippen LogP contribution in [0.1, 0.15) is 18.0 Å². The third kappa shape index (κ3) is 2.94. The molecule has 0 amide bonds. The van der Waals surface area contributed by atoms with Crippen molar-refractivity contribution in [1.29, 1.82) is 0 Å². The molecule has 2 rings (SSSR count). The average molecular weight is 298 g/mol. The molecule has 20 heavy (non-hydrogen) atoms. The van der Waals surface area contributed by atoms with Gasteiger partial charge >= 0.3 is 11.9 Å². The zero-order chi connectivity index (χ0) is 14.7. The maximum absolute atomic E-state index is 11.9. The van der Waals surface area contributed by atoms with E-state index in [-0.39, 0.29) is 18.0 Å². The van der Waals surface area contributed by atoms with Crippen molar-refractivity contribution in [3.63, 3.8) is 0 Å². The van der Waals surface area contributed by atoms with Crippen LogP contribution in [0.4, 0.5) is 0 Å². The van der Waals surface area contributed by atoms with Gasteiger partial charge in [0.05, 0.1) is 20.1 Å². The van der Waals surface area contributed by atoms with Gasteiger partial charge < -0.3 is 9.47 Å². The Kier molecular flexibility index (Phi) is 4.62. The molecule has 0 aliphatic carbocycles. The first-order valence-electron chi connectivity index (χ1n) is 6.24. The van der Waals surface area contributed by atoms with Gasteiger partial charge in [0.25, 0.3) is 0 Å². The minimum atomic E-state index is -0.509. The number of ether oxygens (including phenoxy) is 2. The van der Waals surface area contributed by atoms with Crippen molar-refractivity contribution in [1.82, 2.24) is 5.32 Å². The summed E-state index contributed by atoms with van der Waals surface area (Å²) in [5.41, 5.74) is 0.885. The molecule has 0 bridgehead atoms. The summed E-state index contributed by atoms with van der Waals surface area (Å²) >= 11 is 5.86. The molecular weight excluding hydrogens is 282 g/mol. The predicted octanol–water partition coefficient (Wildman–Crippen LogP) is 1.71. The highest BCUT2D eigenvalue weighted by Crippen LogP contribution is 2.34. The second-order valence-corrected chi connectivity index (χ2v) is 5.07. The van der Waals surface area contributed by atoms with Crippen molar-refractivity contribution in [3.05, 3.63) is 34.9 Å². The van der Waals surface area contributed by atoms with E-state index in [9.17, 15) is 9.59 Å². The first-order chi connectivity index (χ1) is 9.56. The predicted molar refractivity (Wildman–Crippen MR) is 73.3 cm³/mol. The van der Waals surface area contributed by atoms with Gasteiger partial charge in [-0.15, -0.1) is 0 Å². The van der Waals surface area contributed by atoms with E-state index in [4.69, 9.17) is 21.1 Å². The molecule has 0 radical (unpaired) electrons. The highest BCUT2D eigenvalue weighted by atomic mass is 35.5. The van der Waals surface area contributed by atoms with E-state index >= 15 is 0 Å². The maximum atomic E-state index is 11.9. The first-order valence-corrected chi connectivity index (χ1v) is 6.61. The highest BCUT2D eigenvalue weighted by Gasteiger charge is 2.43. The van der Waals surface area contributed by atoms with Crippen LogP contribution in [-0.2, 0) is 19.1 Å². The SMILES string of the molecule is COC(=O)[C@@H]1C[C@H](C(=O)OC)[C@H](c2ccc(Cl)cc2)N1. The van der Waals surface area contributed by atoms with E-state index in [0.717, 1.165) is 5.56 Å². The van der Waals surface area contributed by atoms with Gasteiger partial charge in [0.15, 0.2) is 0 Å². The molecule has 5 nitrogen and oxygen atoms in total. The first kappa shape index (κ1) is 14.8. The van der Waals surface area contributed by atoms with E-state index < -0.39 is 12.0 Å². The van der Waals surface area contributed by atoms with Gasteiger partial charge in [0.1, 0.15) is 6.04 Å². The number of benzene rings is 1. The highest BCUT2D eigenvalue weighted by molar-refractivity contribution is 6.30. The number of carbonyl (C=O) groups is 2. The van der Waals surface area contributed by atoms with Crippen LogP contribution in [0.3, 0.4) is 0 Å². The normalized spacial score (nSPS) is 25.2. The fourth-order valence-corrected chi connectivity index (χ4v) is 2.61. The monoisotopic (exact) mass is 297 g/mol. The summed E-state index contributed by atoms with van der Waals surface area (Å²) in [7, 11) is 2.67. The summed E-state index contributed by atoms with van der Waals surface area (Å²) in [5, 5.41) is 3.74. The summed E-state index contributed by atoms with van der Waals surface area (Å²) in [6, 6.07) is 6.36. The van der Waals surface area contributed by atoms with Crippen LogP contribution >= 0.6 is 11.6 Å². The minimum absolute atomic E-state index is 0.288. The third-order valence-electron chi connectivity index (χ3n) is 3.49. The second kappa shape index (κ2) is 6.24. The number of rotatable bonds is 3. The summed E-state index contributed by atoms with van der Waals surface area (Å²) in [6.07, 6.45) is 0.354. The van der Waals surface area contributed by atoms with Crippen LogP contribution in [-0.4, -0.2) is 32.2 Å². The van der Waals surface area contributed by atoms with Crippen molar-refractivity contribution in [2.45, 2.75) is 18.5 Å². The third-order valence-corrected chi connectivity index (χ3v) is 3.74. The molecule has 0 saturated carbocycles. The second-order valence-electron chi connectivity index (χ2n) is 4.64. The largest absolute Gasteiger partial charge is 0.469 e. The lowest BCUT2D eigenvalue weighted by Crippen LogP contribution is -2.33. The summed E-state index contributed by atoms with van der Waals surface area (Å²) in [5.74, 6) is -1.15. The molecule has 1 aromatic carbocycles. The molecule has 1 heterocycles. The van der Waals surface area contributed by atoms with Crippen molar-refractivity contribution < 1.29 is 19.1 Å². The van der Waals surface area contributed by atoms with Crippen LogP contribution < -0.4 is 5.32 Å². The zero-order valence-corrected chi connectivity index (χ0v) is 12.0. The van der Waals surface area contributed by atoms with Gasteiger partial charge in [-0.25, -0.2) is 0 Å². The Bertz CT molecular complexity index is 502. The quantitative estimate of drug-likeness (QED) is 0.860. The van der Waals surface area contributed by atoms with E-state index in [2.05, 4.69) is 5.32 Å². The Morgan fingerprint density at radius 3 is 2.30 bits per heavy atom. The molecule has 1 aromatic rings. The molecule has 6 heteroatoms. The number of halogens is 1. The standard InChI is InChI=1S/C14H16ClNO4/c1-19-13(17)10-7-11(14(18)20-2)16-12(10)8-3-5-9(15)6-4-8/h3-6,10-12,16H,7H2,1-2H3/t10-,11-,12-/m0/s1. The molecule has 1 saturated heterocycles. The van der Waals surface area contributed by atoms with Crippen LogP contribution in [0.15, 0.2) is 24.3 Å². The topological polar surface area (TPSA) is 64.6 Å². The number of hydrogen-bond acceptors (Lipinski definition) is 5. The van der Waals surface area contributed by atoms with E-state index in [0.29, 0.717) is 11.4 Å². The smallest absolute Gasteiger partial charge is 0.322 e. The van der Waals surface area contributed by atoms with E-state index in [1.165, 1.54) is 14.2 Å². The Morgan fingerprint density at radius 2 is 1.75 bits per heavy atom. The molecule has 3 atom stereocenters. The van der Waals surface area contributed by atoms with Gasteiger partial charge in [-0.05, 0) is 24.1 Å². The van der Waals surface area contributed by atoms with Crippen LogP contribution in [0.2, 0.25) is 5.02 Å². The van der Waals surface area contributed by atoms with Gasteiger partial charge in [-0.3, -0.25) is 14.9 Å². The van der Waals surface area contributed by atoms with Crippen molar-refractivity contribution in [2.75, 3.05) is 14.2 Å². The lowest BCUT2D eigenvalue weighted by molar-refractivity contribution is -0.146. The van der Waals surface area contributed by atoms with E-state index in [1.807, 2.05) is 12.1 Å². The minimum Gasteiger partial charge on any atom is -0.469 e. The van der Waals surface area contributed by atoms with Gasteiger partial charge in [0, 0.05) is 11.1 Å². The van der Waals surface area contributed by atoms with Gasteiger partial charge in [-0.2, -0.15) is 0 Å². The number of nitrogens with one attached hydrogen (secondary N) is 1. The number of carbonyl (C=O) groups excluding carboxylic acids is 2. The van der Waals surface area contributed by atoms with Crippen molar-refractivity contribution in [3.8, 4) is 0 Å². The van der Waals surface area contributed by atoms with E-state index in [1.54, 1.807) is 12.1 Å². The summed E-state index contributed by atoms with van der Waals surface area (Å²) in [4.78, 5) is 23.5. The number of hydrogen-bond donors (Lipinski definition) is 1. The van der Waals surface area contributed by atoms with Crippen molar-refractivity contribution >= 4 is 23.5 Å². The van der Waals surface area contributed by atoms with Crippen LogP contribution in [0.5, 0.6) is 0 Å². The number of esters is 2. The molecule has 0 unspecified atom stereocenters. The molecule has 108 valence electrons. The van der Waals surface area contributed by atoms with Crippen LogP contribution in [0, 0.1) is 5.92 Å². The average Bonchev–Trinajstić information content (AvgIpc) is 2.91. The molecule has 0 spiro atoms. The molecule has 1 aliphatic heterocycles. The zero-order valence-electron chi connectivity index (χ0n) is 11.3. The van der Waals surface area contributed by atoms with Gasteiger partial charge in [0.2, 0.25) is 0 Å². The van der Waals surface area contributed by atoms with Crippen molar-refractivity contribution in [2.24, 2.45) is 5.92 Å². The van der Waals surface area contributed by atoms with Gasteiger partial charge in [-0.1, -0.05) is 23.7 Å². The lowest BCUT2D eigenvalue weighted by Gasteiger charge is -2.18. The fraction of sp³-hybridized carbons (Fsp3) is 0.429.